The summed E-state index contributed by atoms with van der Waals surface area (Å²) in [6.45, 7) is 12.9. The maximum atomic E-state index is 8.77. The van der Waals surface area contributed by atoms with Gasteiger partial charge in [-0.3, -0.25) is 4.90 Å². The van der Waals surface area contributed by atoms with Gasteiger partial charge in [-0.15, -0.1) is 0 Å². The largest absolute Gasteiger partial charge is 0.395 e. The molecule has 3 heteroatoms. The van der Waals surface area contributed by atoms with Crippen molar-refractivity contribution in [1.29, 1.82) is 0 Å². The second-order valence-corrected chi connectivity index (χ2v) is 4.31. The topological polar surface area (TPSA) is 35.5 Å². The molecule has 0 aromatic heterocycles. The molecule has 3 nitrogen and oxygen atoms in total. The van der Waals surface area contributed by atoms with Gasteiger partial charge in [0.2, 0.25) is 0 Å². The molecular weight excluding hydrogens is 188 g/mol. The Morgan fingerprint density at radius 3 is 2.60 bits per heavy atom. The van der Waals surface area contributed by atoms with Crippen LogP contribution in [-0.4, -0.2) is 48.8 Å². The minimum Gasteiger partial charge on any atom is -0.395 e. The highest BCUT2D eigenvalue weighted by Crippen LogP contribution is 2.08. The standard InChI is InChI=1S/C10H22N2O.C2H6/c1-9(2)7-11-10-3-4-12(8-10)5-6-13;1-2/h9-11,13H,3-8H2,1-2H3;1-2H3. The normalized spacial score (nSPS) is 21.6. The number of aliphatic hydroxyl groups excluding tert-OH is 1. The van der Waals surface area contributed by atoms with E-state index in [1.807, 2.05) is 13.8 Å². The zero-order valence-corrected chi connectivity index (χ0v) is 10.8. The number of nitrogens with one attached hydrogen (secondary N) is 1. The van der Waals surface area contributed by atoms with Crippen molar-refractivity contribution in [1.82, 2.24) is 10.2 Å². The molecule has 0 saturated carbocycles. The number of likely N-dealkylation sites (tertiary alicyclic amines) is 1. The van der Waals surface area contributed by atoms with E-state index in [9.17, 15) is 0 Å². The van der Waals surface area contributed by atoms with E-state index in [1.54, 1.807) is 0 Å². The molecule has 1 unspecified atom stereocenters. The zero-order chi connectivity index (χ0) is 11.7. The molecule has 1 aliphatic rings. The maximum absolute atomic E-state index is 8.77. The Bertz CT molecular complexity index is 140. The molecular formula is C12H28N2O. The van der Waals surface area contributed by atoms with Crippen LogP contribution in [0.3, 0.4) is 0 Å². The number of rotatable bonds is 5. The van der Waals surface area contributed by atoms with E-state index in [4.69, 9.17) is 5.11 Å². The van der Waals surface area contributed by atoms with Crippen LogP contribution < -0.4 is 5.32 Å². The van der Waals surface area contributed by atoms with Crippen molar-refractivity contribution in [2.75, 3.05) is 32.8 Å². The molecule has 0 amide bonds. The summed E-state index contributed by atoms with van der Waals surface area (Å²) in [5.74, 6) is 0.729. The average molecular weight is 216 g/mol. The van der Waals surface area contributed by atoms with Crippen LogP contribution in [0.4, 0.5) is 0 Å². The van der Waals surface area contributed by atoms with Crippen molar-refractivity contribution in [3.05, 3.63) is 0 Å². The van der Waals surface area contributed by atoms with Crippen molar-refractivity contribution in [2.45, 2.75) is 40.2 Å². The highest BCUT2D eigenvalue weighted by atomic mass is 16.3. The Hall–Kier alpha value is -0.120. The Kier molecular flexibility index (Phi) is 9.06. The quantitative estimate of drug-likeness (QED) is 0.728. The molecule has 0 aromatic rings. The Labute approximate surface area is 94.9 Å². The Balaban J connectivity index is 0.000000921. The summed E-state index contributed by atoms with van der Waals surface area (Å²) in [6.07, 6.45) is 1.23. The number of β-amino-alcohol motifs (C(OH)–C–C–N with tert-alkyl or cyclic N) is 1. The third-order valence-electron chi connectivity index (χ3n) is 2.50. The van der Waals surface area contributed by atoms with Crippen molar-refractivity contribution in [2.24, 2.45) is 5.92 Å². The van der Waals surface area contributed by atoms with Crippen LogP contribution in [0.2, 0.25) is 0 Å². The van der Waals surface area contributed by atoms with Gasteiger partial charge in [0.15, 0.2) is 0 Å². The van der Waals surface area contributed by atoms with Gasteiger partial charge in [0.1, 0.15) is 0 Å². The predicted octanol–water partition coefficient (Wildman–Crippen LogP) is 1.32. The lowest BCUT2D eigenvalue weighted by molar-refractivity contribution is 0.218. The van der Waals surface area contributed by atoms with Crippen molar-refractivity contribution >= 4 is 0 Å². The third kappa shape index (κ3) is 6.88. The monoisotopic (exact) mass is 216 g/mol. The third-order valence-corrected chi connectivity index (χ3v) is 2.50. The first kappa shape index (κ1) is 14.9. The Morgan fingerprint density at radius 1 is 1.40 bits per heavy atom. The molecule has 92 valence electrons. The first-order valence-electron chi connectivity index (χ1n) is 6.29. The second-order valence-electron chi connectivity index (χ2n) is 4.31. The van der Waals surface area contributed by atoms with Crippen LogP contribution in [0.15, 0.2) is 0 Å². The van der Waals surface area contributed by atoms with E-state index in [-0.39, 0.29) is 6.61 Å². The first-order valence-corrected chi connectivity index (χ1v) is 6.29. The summed E-state index contributed by atoms with van der Waals surface area (Å²) in [5.41, 5.74) is 0. The average Bonchev–Trinajstić information content (AvgIpc) is 2.67. The molecule has 0 bridgehead atoms. The molecule has 0 radical (unpaired) electrons. The summed E-state index contributed by atoms with van der Waals surface area (Å²) < 4.78 is 0. The summed E-state index contributed by atoms with van der Waals surface area (Å²) in [7, 11) is 0. The van der Waals surface area contributed by atoms with Crippen LogP contribution in [-0.2, 0) is 0 Å². The van der Waals surface area contributed by atoms with Gasteiger partial charge in [0, 0.05) is 19.1 Å². The molecule has 1 atom stereocenters. The van der Waals surface area contributed by atoms with Crippen LogP contribution in [0.5, 0.6) is 0 Å². The number of hydrogen-bond donors (Lipinski definition) is 2. The van der Waals surface area contributed by atoms with E-state index in [1.165, 1.54) is 6.42 Å². The minimum atomic E-state index is 0.289. The van der Waals surface area contributed by atoms with Crippen molar-refractivity contribution in [3.63, 3.8) is 0 Å². The molecule has 1 rings (SSSR count). The number of nitrogens with zero attached hydrogens (tertiary/aromatic N) is 1. The second kappa shape index (κ2) is 9.13. The van der Waals surface area contributed by atoms with E-state index in [0.717, 1.165) is 32.1 Å². The fourth-order valence-electron chi connectivity index (χ4n) is 1.75. The van der Waals surface area contributed by atoms with Crippen molar-refractivity contribution < 1.29 is 5.11 Å². The van der Waals surface area contributed by atoms with Crippen LogP contribution in [0.25, 0.3) is 0 Å². The van der Waals surface area contributed by atoms with E-state index < -0.39 is 0 Å². The van der Waals surface area contributed by atoms with Gasteiger partial charge in [-0.05, 0) is 25.4 Å². The lowest BCUT2D eigenvalue weighted by Gasteiger charge is -2.16. The van der Waals surface area contributed by atoms with Crippen LogP contribution in [0, 0.1) is 5.92 Å². The van der Waals surface area contributed by atoms with Gasteiger partial charge in [0.25, 0.3) is 0 Å². The van der Waals surface area contributed by atoms with Gasteiger partial charge < -0.3 is 10.4 Å². The minimum absolute atomic E-state index is 0.289. The van der Waals surface area contributed by atoms with E-state index in [0.29, 0.717) is 6.04 Å². The summed E-state index contributed by atoms with van der Waals surface area (Å²) in [5, 5.41) is 12.3. The van der Waals surface area contributed by atoms with Crippen LogP contribution >= 0.6 is 0 Å². The smallest absolute Gasteiger partial charge is 0.0558 e. The predicted molar refractivity (Wildman–Crippen MR) is 66.1 cm³/mol. The highest BCUT2D eigenvalue weighted by molar-refractivity contribution is 4.80. The molecule has 15 heavy (non-hydrogen) atoms. The summed E-state index contributed by atoms with van der Waals surface area (Å²) in [6, 6.07) is 0.647. The fraction of sp³-hybridized carbons (Fsp3) is 1.00. The molecule has 1 saturated heterocycles. The molecule has 1 aliphatic heterocycles. The first-order chi connectivity index (χ1) is 7.22. The molecule has 1 fully saturated rings. The maximum Gasteiger partial charge on any atom is 0.0558 e. The summed E-state index contributed by atoms with van der Waals surface area (Å²) in [4.78, 5) is 2.32. The lowest BCUT2D eigenvalue weighted by atomic mass is 10.2. The van der Waals surface area contributed by atoms with Gasteiger partial charge in [-0.1, -0.05) is 27.7 Å². The van der Waals surface area contributed by atoms with Crippen LogP contribution in [0.1, 0.15) is 34.1 Å². The SMILES string of the molecule is CC.CC(C)CNC1CCN(CCO)C1. The van der Waals surface area contributed by atoms with E-state index in [2.05, 4.69) is 24.1 Å². The van der Waals surface area contributed by atoms with Gasteiger partial charge in [0.05, 0.1) is 6.61 Å². The molecule has 0 aliphatic carbocycles. The molecule has 2 N–H and O–H groups in total. The van der Waals surface area contributed by atoms with Gasteiger partial charge >= 0.3 is 0 Å². The number of hydrogen-bond acceptors (Lipinski definition) is 3. The van der Waals surface area contributed by atoms with Gasteiger partial charge in [-0.25, -0.2) is 0 Å². The molecule has 0 spiro atoms. The fourth-order valence-corrected chi connectivity index (χ4v) is 1.75. The molecule has 0 aromatic carbocycles. The lowest BCUT2D eigenvalue weighted by Crippen LogP contribution is -2.35. The van der Waals surface area contributed by atoms with Crippen molar-refractivity contribution in [3.8, 4) is 0 Å². The molecule has 1 heterocycles. The Morgan fingerprint density at radius 2 is 2.07 bits per heavy atom. The number of aliphatic hydroxyl groups is 1. The highest BCUT2D eigenvalue weighted by Gasteiger charge is 2.20. The van der Waals surface area contributed by atoms with Gasteiger partial charge in [-0.2, -0.15) is 0 Å². The zero-order valence-electron chi connectivity index (χ0n) is 10.8. The van der Waals surface area contributed by atoms with E-state index >= 15 is 0 Å². The summed E-state index contributed by atoms with van der Waals surface area (Å²) >= 11 is 0.